The molecular weight excluding hydrogens is 368 g/mol. The van der Waals surface area contributed by atoms with Gasteiger partial charge in [-0.15, -0.1) is 0 Å². The van der Waals surface area contributed by atoms with Crippen LogP contribution >= 0.6 is 0 Å². The lowest BCUT2D eigenvalue weighted by molar-refractivity contribution is 0.331. The van der Waals surface area contributed by atoms with Gasteiger partial charge < -0.3 is 20.1 Å². The number of rotatable bonds is 8. The molecule has 0 spiro atoms. The van der Waals surface area contributed by atoms with Crippen LogP contribution in [-0.2, 0) is 9.84 Å². The summed E-state index contributed by atoms with van der Waals surface area (Å²) in [5.41, 5.74) is 0.798. The van der Waals surface area contributed by atoms with Crippen LogP contribution in [0.25, 0.3) is 0 Å². The topological polar surface area (TPSA) is 102 Å². The average molecular weight is 392 g/mol. The van der Waals surface area contributed by atoms with Gasteiger partial charge in [0.15, 0.2) is 9.84 Å². The van der Waals surface area contributed by atoms with Gasteiger partial charge in [0.25, 0.3) is 0 Å². The van der Waals surface area contributed by atoms with Crippen LogP contribution in [0.3, 0.4) is 0 Å². The number of nitrogens with one attached hydrogen (secondary N) is 2. The molecule has 1 aromatic carbocycles. The summed E-state index contributed by atoms with van der Waals surface area (Å²) < 4.78 is 33.9. The van der Waals surface area contributed by atoms with Crippen molar-refractivity contribution in [2.24, 2.45) is 0 Å². The number of methoxy groups -OCH3 is 1. The Morgan fingerprint density at radius 3 is 2.59 bits per heavy atom. The number of ether oxygens (including phenoxy) is 2. The van der Waals surface area contributed by atoms with E-state index in [0.29, 0.717) is 31.3 Å². The summed E-state index contributed by atoms with van der Waals surface area (Å²) >= 11 is 0. The monoisotopic (exact) mass is 392 g/mol. The van der Waals surface area contributed by atoms with Gasteiger partial charge in [0.2, 0.25) is 5.95 Å². The van der Waals surface area contributed by atoms with E-state index < -0.39 is 9.84 Å². The zero-order chi connectivity index (χ0) is 19.3. The van der Waals surface area contributed by atoms with Crippen LogP contribution in [0.2, 0.25) is 0 Å². The van der Waals surface area contributed by atoms with Crippen molar-refractivity contribution in [3.05, 3.63) is 36.0 Å². The second-order valence-electron chi connectivity index (χ2n) is 6.41. The van der Waals surface area contributed by atoms with Gasteiger partial charge >= 0.3 is 0 Å². The van der Waals surface area contributed by atoms with E-state index in [4.69, 9.17) is 9.47 Å². The second-order valence-corrected chi connectivity index (χ2v) is 8.64. The Balaban J connectivity index is 1.50. The smallest absolute Gasteiger partial charge is 0.224 e. The number of sulfone groups is 1. The van der Waals surface area contributed by atoms with Crippen molar-refractivity contribution in [3.63, 3.8) is 0 Å². The number of hydrogen-bond donors (Lipinski definition) is 2. The first-order valence-corrected chi connectivity index (χ1v) is 10.6. The van der Waals surface area contributed by atoms with Gasteiger partial charge in [0.05, 0.1) is 25.2 Å². The highest BCUT2D eigenvalue weighted by atomic mass is 32.2. The van der Waals surface area contributed by atoms with E-state index in [2.05, 4.69) is 20.6 Å². The van der Waals surface area contributed by atoms with E-state index >= 15 is 0 Å². The van der Waals surface area contributed by atoms with Crippen molar-refractivity contribution in [3.8, 4) is 11.5 Å². The Morgan fingerprint density at radius 2 is 1.93 bits per heavy atom. The number of hydrogen-bond acceptors (Lipinski definition) is 8. The number of anilines is 2. The quantitative estimate of drug-likeness (QED) is 0.657. The van der Waals surface area contributed by atoms with Crippen molar-refractivity contribution in [1.29, 1.82) is 0 Å². The molecule has 0 amide bonds. The zero-order valence-corrected chi connectivity index (χ0v) is 16.3. The number of aryl methyl sites for hydroxylation is 1. The van der Waals surface area contributed by atoms with Crippen LogP contribution in [0.4, 0.5) is 11.8 Å². The minimum atomic E-state index is -2.93. The fourth-order valence-electron chi connectivity index (χ4n) is 2.84. The van der Waals surface area contributed by atoms with Crippen LogP contribution < -0.4 is 20.1 Å². The minimum Gasteiger partial charge on any atom is -0.497 e. The predicted molar refractivity (Wildman–Crippen MR) is 104 cm³/mol. The van der Waals surface area contributed by atoms with Gasteiger partial charge in [0.1, 0.15) is 23.9 Å². The number of aromatic nitrogens is 2. The predicted octanol–water partition coefficient (Wildman–Crippen LogP) is 1.88. The maximum atomic E-state index is 11.6. The summed E-state index contributed by atoms with van der Waals surface area (Å²) in [6, 6.07) is 9.08. The molecule has 9 heteroatoms. The maximum Gasteiger partial charge on any atom is 0.224 e. The average Bonchev–Trinajstić information content (AvgIpc) is 2.97. The summed E-state index contributed by atoms with van der Waals surface area (Å²) in [5, 5.41) is 6.32. The van der Waals surface area contributed by atoms with Crippen LogP contribution in [-0.4, -0.2) is 56.2 Å². The van der Waals surface area contributed by atoms with Crippen molar-refractivity contribution in [1.82, 2.24) is 9.97 Å². The van der Waals surface area contributed by atoms with Crippen LogP contribution in [0.1, 0.15) is 12.1 Å². The number of benzene rings is 1. The lowest BCUT2D eigenvalue weighted by atomic mass is 10.2. The van der Waals surface area contributed by atoms with Gasteiger partial charge in [-0.3, -0.25) is 0 Å². The van der Waals surface area contributed by atoms with E-state index in [1.807, 2.05) is 37.3 Å². The molecule has 3 rings (SSSR count). The molecule has 1 saturated heterocycles. The molecule has 1 atom stereocenters. The molecule has 0 bridgehead atoms. The summed E-state index contributed by atoms with van der Waals surface area (Å²) in [5.74, 6) is 3.02. The fraction of sp³-hybridized carbons (Fsp3) is 0.444. The summed E-state index contributed by atoms with van der Waals surface area (Å²) in [6.07, 6.45) is 0.601. The largest absolute Gasteiger partial charge is 0.497 e. The molecule has 1 fully saturated rings. The van der Waals surface area contributed by atoms with Gasteiger partial charge in [-0.05, 0) is 37.6 Å². The van der Waals surface area contributed by atoms with Gasteiger partial charge in [-0.25, -0.2) is 13.4 Å². The second kappa shape index (κ2) is 8.43. The Morgan fingerprint density at radius 1 is 1.19 bits per heavy atom. The molecule has 146 valence electrons. The zero-order valence-electron chi connectivity index (χ0n) is 15.4. The maximum absolute atomic E-state index is 11.6. The van der Waals surface area contributed by atoms with Crippen molar-refractivity contribution in [2.75, 3.05) is 42.4 Å². The minimum absolute atomic E-state index is 0.101. The standard InChI is InChI=1S/C18H24N4O4S/c1-13-11-17(21-14-7-10-27(23,24)12-14)22-18(20-13)19-8-9-26-16-5-3-15(25-2)4-6-16/h3-6,11,14H,7-10,12H2,1-2H3,(H2,19,20,21,22). The lowest BCUT2D eigenvalue weighted by Gasteiger charge is -2.14. The lowest BCUT2D eigenvalue weighted by Crippen LogP contribution is -2.22. The summed E-state index contributed by atoms with van der Waals surface area (Å²) in [6.45, 7) is 2.86. The van der Waals surface area contributed by atoms with Crippen LogP contribution in [0.5, 0.6) is 11.5 Å². The van der Waals surface area contributed by atoms with E-state index in [0.717, 1.165) is 17.2 Å². The normalized spacial score (nSPS) is 18.1. The molecule has 1 unspecified atom stereocenters. The molecule has 0 radical (unpaired) electrons. The van der Waals surface area contributed by atoms with E-state index in [-0.39, 0.29) is 17.5 Å². The molecule has 1 aliphatic heterocycles. The molecule has 27 heavy (non-hydrogen) atoms. The summed E-state index contributed by atoms with van der Waals surface area (Å²) in [7, 11) is -1.31. The molecule has 2 heterocycles. The van der Waals surface area contributed by atoms with Gasteiger partial charge in [-0.1, -0.05) is 0 Å². The summed E-state index contributed by atoms with van der Waals surface area (Å²) in [4.78, 5) is 8.76. The number of nitrogens with zero attached hydrogens (tertiary/aromatic N) is 2. The first-order valence-electron chi connectivity index (χ1n) is 8.77. The molecule has 0 aliphatic carbocycles. The first kappa shape index (κ1) is 19.2. The third kappa shape index (κ3) is 5.72. The Bertz CT molecular complexity index is 871. The van der Waals surface area contributed by atoms with Gasteiger partial charge in [-0.2, -0.15) is 4.98 Å². The Kier molecular flexibility index (Phi) is 6.00. The third-order valence-electron chi connectivity index (χ3n) is 4.15. The first-order chi connectivity index (χ1) is 12.9. The van der Waals surface area contributed by atoms with Crippen LogP contribution in [0.15, 0.2) is 30.3 Å². The molecule has 8 nitrogen and oxygen atoms in total. The van der Waals surface area contributed by atoms with Crippen molar-refractivity contribution in [2.45, 2.75) is 19.4 Å². The Hall–Kier alpha value is -2.55. The molecular formula is C18H24N4O4S. The van der Waals surface area contributed by atoms with E-state index in [1.165, 1.54) is 0 Å². The highest BCUT2D eigenvalue weighted by molar-refractivity contribution is 7.91. The highest BCUT2D eigenvalue weighted by Gasteiger charge is 2.28. The van der Waals surface area contributed by atoms with Crippen molar-refractivity contribution >= 4 is 21.6 Å². The SMILES string of the molecule is COc1ccc(OCCNc2nc(C)cc(NC3CCS(=O)(=O)C3)n2)cc1. The van der Waals surface area contributed by atoms with Crippen LogP contribution in [0, 0.1) is 6.92 Å². The Labute approximate surface area is 159 Å². The molecule has 0 saturated carbocycles. The highest BCUT2D eigenvalue weighted by Crippen LogP contribution is 2.18. The molecule has 1 aliphatic rings. The fourth-order valence-corrected chi connectivity index (χ4v) is 4.52. The van der Waals surface area contributed by atoms with E-state index in [1.54, 1.807) is 7.11 Å². The van der Waals surface area contributed by atoms with E-state index in [9.17, 15) is 8.42 Å². The molecule has 2 N–H and O–H groups in total. The molecule has 2 aromatic rings. The van der Waals surface area contributed by atoms with Gasteiger partial charge in [0, 0.05) is 17.8 Å². The van der Waals surface area contributed by atoms with Crippen molar-refractivity contribution < 1.29 is 17.9 Å². The molecule has 1 aromatic heterocycles. The third-order valence-corrected chi connectivity index (χ3v) is 5.92.